The molecule has 2 aromatic carbocycles. The minimum atomic E-state index is -1.27. The van der Waals surface area contributed by atoms with Crippen molar-refractivity contribution in [3.63, 3.8) is 0 Å². The van der Waals surface area contributed by atoms with E-state index in [4.69, 9.17) is 17.3 Å². The molecule has 0 saturated carbocycles. The number of nitrogens with zero attached hydrogens (tertiary/aromatic N) is 4. The Morgan fingerprint density at radius 1 is 1.13 bits per heavy atom. The van der Waals surface area contributed by atoms with E-state index in [1.54, 1.807) is 27.9 Å². The molecule has 3 aromatic rings. The number of rotatable bonds is 4. The van der Waals surface area contributed by atoms with Crippen LogP contribution in [0.4, 0.5) is 13.2 Å². The van der Waals surface area contributed by atoms with Crippen LogP contribution in [0.2, 0.25) is 5.02 Å². The van der Waals surface area contributed by atoms with E-state index in [1.807, 2.05) is 6.07 Å². The molecule has 6 nitrogen and oxygen atoms in total. The first-order valence-electron chi connectivity index (χ1n) is 9.16. The van der Waals surface area contributed by atoms with Gasteiger partial charge in [0.1, 0.15) is 12.1 Å². The summed E-state index contributed by atoms with van der Waals surface area (Å²) in [5.41, 5.74) is 7.58. The Morgan fingerprint density at radius 2 is 1.90 bits per heavy atom. The van der Waals surface area contributed by atoms with Crippen molar-refractivity contribution in [3.8, 4) is 5.69 Å². The molecule has 2 heterocycles. The third kappa shape index (κ3) is 4.03. The van der Waals surface area contributed by atoms with Gasteiger partial charge in [0.05, 0.1) is 12.2 Å². The summed E-state index contributed by atoms with van der Waals surface area (Å²) in [4.78, 5) is 14.5. The number of nitrogens with two attached hydrogens (primary N) is 1. The molecule has 1 aliphatic heterocycles. The van der Waals surface area contributed by atoms with Crippen LogP contribution in [0, 0.1) is 17.5 Å². The van der Waals surface area contributed by atoms with Crippen LogP contribution < -0.4 is 5.73 Å². The van der Waals surface area contributed by atoms with Crippen molar-refractivity contribution in [2.45, 2.75) is 32.0 Å². The second-order valence-corrected chi connectivity index (χ2v) is 7.60. The van der Waals surface area contributed by atoms with Gasteiger partial charge in [-0.3, -0.25) is 9.36 Å². The zero-order chi connectivity index (χ0) is 21.4. The monoisotopic (exact) mass is 435 g/mol. The number of fused-ring (bicyclic) bond motifs is 3. The number of benzene rings is 2. The molecule has 0 bridgehead atoms. The summed E-state index contributed by atoms with van der Waals surface area (Å²) in [5.74, 6) is -3.04. The van der Waals surface area contributed by atoms with Crippen LogP contribution in [0.15, 0.2) is 36.7 Å². The van der Waals surface area contributed by atoms with Crippen molar-refractivity contribution >= 4 is 17.5 Å². The van der Waals surface area contributed by atoms with Crippen LogP contribution in [0.3, 0.4) is 0 Å². The first-order chi connectivity index (χ1) is 14.3. The Hall–Kier alpha value is -2.91. The van der Waals surface area contributed by atoms with E-state index in [0.717, 1.165) is 17.3 Å². The molecule has 1 amide bonds. The van der Waals surface area contributed by atoms with Gasteiger partial charge in [-0.2, -0.15) is 0 Å². The standard InChI is InChI=1S/C20H17ClF3N5O/c21-13-2-1-11-8-28(9-19-27-26-10-29(19)18(11)5-13)20(30)6-14(25)3-12-4-16(23)17(24)7-15(12)22/h1-2,4-5,7,10,14H,3,6,8-9,25H2/t14-/m1/s1. The van der Waals surface area contributed by atoms with E-state index in [9.17, 15) is 18.0 Å². The van der Waals surface area contributed by atoms with Crippen molar-refractivity contribution < 1.29 is 18.0 Å². The molecule has 1 atom stereocenters. The summed E-state index contributed by atoms with van der Waals surface area (Å²) in [6, 6.07) is 5.80. The van der Waals surface area contributed by atoms with Gasteiger partial charge in [-0.25, -0.2) is 13.2 Å². The molecule has 0 radical (unpaired) electrons. The fraction of sp³-hybridized carbons (Fsp3) is 0.250. The highest BCUT2D eigenvalue weighted by Crippen LogP contribution is 2.27. The van der Waals surface area contributed by atoms with Gasteiger partial charge in [0.2, 0.25) is 5.91 Å². The Kier molecular flexibility index (Phi) is 5.48. The van der Waals surface area contributed by atoms with Gasteiger partial charge in [-0.1, -0.05) is 17.7 Å². The van der Waals surface area contributed by atoms with Gasteiger partial charge in [0.15, 0.2) is 17.5 Å². The summed E-state index contributed by atoms with van der Waals surface area (Å²) < 4.78 is 42.2. The molecular formula is C20H17ClF3N5O. The van der Waals surface area contributed by atoms with Gasteiger partial charge >= 0.3 is 0 Å². The normalized spacial score (nSPS) is 14.1. The van der Waals surface area contributed by atoms with Crippen LogP contribution in [-0.2, 0) is 24.3 Å². The lowest BCUT2D eigenvalue weighted by Crippen LogP contribution is -2.36. The third-order valence-electron chi connectivity index (χ3n) is 4.98. The molecule has 10 heteroatoms. The maximum absolute atomic E-state index is 13.9. The van der Waals surface area contributed by atoms with Crippen LogP contribution in [0.1, 0.15) is 23.4 Å². The predicted octanol–water partition coefficient (Wildman–Crippen LogP) is 3.14. The summed E-state index contributed by atoms with van der Waals surface area (Å²) in [6.07, 6.45) is 1.34. The molecule has 0 fully saturated rings. The van der Waals surface area contributed by atoms with Gasteiger partial charge < -0.3 is 10.6 Å². The fourth-order valence-electron chi connectivity index (χ4n) is 3.50. The SMILES string of the molecule is N[C@@H](CC(=O)N1Cc2ccc(Cl)cc2-n2cnnc2C1)Cc1cc(F)c(F)cc1F. The molecule has 156 valence electrons. The summed E-state index contributed by atoms with van der Waals surface area (Å²) in [6.45, 7) is 0.512. The Labute approximate surface area is 175 Å². The topological polar surface area (TPSA) is 77.0 Å². The Bertz CT molecular complexity index is 1120. The number of carbonyl (C=O) groups is 1. The molecule has 0 unspecified atom stereocenters. The molecular weight excluding hydrogens is 419 g/mol. The van der Waals surface area contributed by atoms with Crippen molar-refractivity contribution in [2.75, 3.05) is 0 Å². The number of carbonyl (C=O) groups excluding carboxylic acids is 1. The molecule has 2 N–H and O–H groups in total. The summed E-state index contributed by atoms with van der Waals surface area (Å²) in [5, 5.41) is 8.53. The number of amides is 1. The Morgan fingerprint density at radius 3 is 2.70 bits per heavy atom. The number of hydrogen-bond acceptors (Lipinski definition) is 4. The van der Waals surface area contributed by atoms with Crippen molar-refractivity contribution in [2.24, 2.45) is 5.73 Å². The molecule has 0 aliphatic carbocycles. The van der Waals surface area contributed by atoms with Crippen LogP contribution in [0.25, 0.3) is 5.69 Å². The van der Waals surface area contributed by atoms with E-state index >= 15 is 0 Å². The van der Waals surface area contributed by atoms with Gasteiger partial charge in [-0.05, 0) is 35.7 Å². The first kappa shape index (κ1) is 20.4. The molecule has 0 saturated heterocycles. The summed E-state index contributed by atoms with van der Waals surface area (Å²) in [7, 11) is 0. The predicted molar refractivity (Wildman–Crippen MR) is 103 cm³/mol. The highest BCUT2D eigenvalue weighted by Gasteiger charge is 2.25. The lowest BCUT2D eigenvalue weighted by Gasteiger charge is -2.22. The highest BCUT2D eigenvalue weighted by molar-refractivity contribution is 6.30. The number of aromatic nitrogens is 3. The van der Waals surface area contributed by atoms with E-state index in [-0.39, 0.29) is 30.9 Å². The van der Waals surface area contributed by atoms with Crippen molar-refractivity contribution in [3.05, 3.63) is 76.1 Å². The van der Waals surface area contributed by atoms with Gasteiger partial charge in [0, 0.05) is 30.1 Å². The minimum absolute atomic E-state index is 0.0789. The molecule has 0 spiro atoms. The lowest BCUT2D eigenvalue weighted by atomic mass is 10.0. The fourth-order valence-corrected chi connectivity index (χ4v) is 3.67. The van der Waals surface area contributed by atoms with Crippen molar-refractivity contribution in [1.82, 2.24) is 19.7 Å². The van der Waals surface area contributed by atoms with Gasteiger partial charge in [-0.15, -0.1) is 10.2 Å². The van der Waals surface area contributed by atoms with E-state index in [2.05, 4.69) is 10.2 Å². The first-order valence-corrected chi connectivity index (χ1v) is 9.54. The van der Waals surface area contributed by atoms with Gasteiger partial charge in [0.25, 0.3) is 0 Å². The zero-order valence-corrected chi connectivity index (χ0v) is 16.4. The maximum Gasteiger partial charge on any atom is 0.224 e. The second-order valence-electron chi connectivity index (χ2n) is 7.17. The quantitative estimate of drug-likeness (QED) is 0.639. The maximum atomic E-state index is 13.9. The largest absolute Gasteiger partial charge is 0.331 e. The average molecular weight is 436 g/mol. The second kappa shape index (κ2) is 8.08. The summed E-state index contributed by atoms with van der Waals surface area (Å²) >= 11 is 6.11. The van der Waals surface area contributed by atoms with Crippen LogP contribution >= 0.6 is 11.6 Å². The third-order valence-corrected chi connectivity index (χ3v) is 5.21. The molecule has 1 aromatic heterocycles. The number of halogens is 4. The Balaban J connectivity index is 1.51. The highest BCUT2D eigenvalue weighted by atomic mass is 35.5. The smallest absolute Gasteiger partial charge is 0.224 e. The lowest BCUT2D eigenvalue weighted by molar-refractivity contribution is -0.132. The average Bonchev–Trinajstić information content (AvgIpc) is 3.09. The minimum Gasteiger partial charge on any atom is -0.331 e. The molecule has 4 rings (SSSR count). The zero-order valence-electron chi connectivity index (χ0n) is 15.7. The van der Waals surface area contributed by atoms with Crippen LogP contribution in [-0.4, -0.2) is 31.6 Å². The van der Waals surface area contributed by atoms with Crippen LogP contribution in [0.5, 0.6) is 0 Å². The van der Waals surface area contributed by atoms with E-state index in [0.29, 0.717) is 23.5 Å². The van der Waals surface area contributed by atoms with E-state index < -0.39 is 23.5 Å². The van der Waals surface area contributed by atoms with E-state index in [1.165, 1.54) is 0 Å². The van der Waals surface area contributed by atoms with Crippen molar-refractivity contribution in [1.29, 1.82) is 0 Å². The molecule has 1 aliphatic rings. The number of hydrogen-bond donors (Lipinski definition) is 1. The molecule has 30 heavy (non-hydrogen) atoms.